The molecule has 0 radical (unpaired) electrons. The minimum atomic E-state index is 0.111. The summed E-state index contributed by atoms with van der Waals surface area (Å²) in [7, 11) is 0. The van der Waals surface area contributed by atoms with Crippen LogP contribution in [-0.4, -0.2) is 5.91 Å². The minimum Gasteiger partial charge on any atom is -0.349 e. The number of carbonyl (C=O) groups is 1. The van der Waals surface area contributed by atoms with Crippen molar-refractivity contribution in [1.82, 2.24) is 5.32 Å². The SMILES string of the molecule is N#Cc1ccc([C@H]2CCC(=O)N2)cc1. The molecule has 1 atom stereocenters. The number of nitriles is 1. The van der Waals surface area contributed by atoms with Crippen LogP contribution in [0.3, 0.4) is 0 Å². The van der Waals surface area contributed by atoms with Gasteiger partial charge in [-0.15, -0.1) is 0 Å². The van der Waals surface area contributed by atoms with Crippen LogP contribution in [0.4, 0.5) is 0 Å². The lowest BCUT2D eigenvalue weighted by Crippen LogP contribution is -2.18. The van der Waals surface area contributed by atoms with Gasteiger partial charge in [-0.1, -0.05) is 12.1 Å². The molecule has 1 aliphatic heterocycles. The highest BCUT2D eigenvalue weighted by molar-refractivity contribution is 5.78. The maximum Gasteiger partial charge on any atom is 0.220 e. The Bertz CT molecular complexity index is 389. The molecule has 1 aliphatic rings. The highest BCUT2D eigenvalue weighted by Crippen LogP contribution is 2.23. The first-order valence-corrected chi connectivity index (χ1v) is 4.59. The molecule has 1 amide bonds. The van der Waals surface area contributed by atoms with Gasteiger partial charge in [0, 0.05) is 6.42 Å². The molecular weight excluding hydrogens is 176 g/mol. The van der Waals surface area contributed by atoms with E-state index >= 15 is 0 Å². The van der Waals surface area contributed by atoms with Crippen molar-refractivity contribution in [3.63, 3.8) is 0 Å². The van der Waals surface area contributed by atoms with E-state index < -0.39 is 0 Å². The van der Waals surface area contributed by atoms with E-state index in [0.29, 0.717) is 12.0 Å². The van der Waals surface area contributed by atoms with E-state index in [2.05, 4.69) is 11.4 Å². The Balaban J connectivity index is 2.18. The molecule has 0 aliphatic carbocycles. The molecule has 1 N–H and O–H groups in total. The van der Waals surface area contributed by atoms with Crippen molar-refractivity contribution in [3.05, 3.63) is 35.4 Å². The van der Waals surface area contributed by atoms with Crippen LogP contribution in [0, 0.1) is 11.3 Å². The van der Waals surface area contributed by atoms with Gasteiger partial charge < -0.3 is 5.32 Å². The fourth-order valence-corrected chi connectivity index (χ4v) is 1.65. The van der Waals surface area contributed by atoms with Crippen LogP contribution in [0.1, 0.15) is 30.0 Å². The summed E-state index contributed by atoms with van der Waals surface area (Å²) in [5.41, 5.74) is 1.73. The Hall–Kier alpha value is -1.82. The van der Waals surface area contributed by atoms with E-state index in [0.717, 1.165) is 12.0 Å². The molecule has 2 rings (SSSR count). The Morgan fingerprint density at radius 2 is 2.07 bits per heavy atom. The van der Waals surface area contributed by atoms with Crippen LogP contribution in [0.2, 0.25) is 0 Å². The molecule has 0 bridgehead atoms. The number of benzene rings is 1. The Morgan fingerprint density at radius 3 is 2.57 bits per heavy atom. The molecular formula is C11H10N2O. The molecule has 0 spiro atoms. The van der Waals surface area contributed by atoms with Crippen molar-refractivity contribution in [3.8, 4) is 6.07 Å². The smallest absolute Gasteiger partial charge is 0.220 e. The fraction of sp³-hybridized carbons (Fsp3) is 0.273. The molecule has 3 nitrogen and oxygen atoms in total. The van der Waals surface area contributed by atoms with E-state index in [1.807, 2.05) is 12.1 Å². The Morgan fingerprint density at radius 1 is 1.36 bits per heavy atom. The zero-order valence-corrected chi connectivity index (χ0v) is 7.66. The first-order valence-electron chi connectivity index (χ1n) is 4.59. The molecule has 70 valence electrons. The topological polar surface area (TPSA) is 52.9 Å². The first-order chi connectivity index (χ1) is 6.79. The maximum atomic E-state index is 11.0. The number of carbonyl (C=O) groups excluding carboxylic acids is 1. The largest absolute Gasteiger partial charge is 0.349 e. The normalized spacial score (nSPS) is 20.2. The monoisotopic (exact) mass is 186 g/mol. The average molecular weight is 186 g/mol. The van der Waals surface area contributed by atoms with Crippen LogP contribution < -0.4 is 5.32 Å². The van der Waals surface area contributed by atoms with Gasteiger partial charge >= 0.3 is 0 Å². The summed E-state index contributed by atoms with van der Waals surface area (Å²) >= 11 is 0. The standard InChI is InChI=1S/C11H10N2O/c12-7-8-1-3-9(4-2-8)10-5-6-11(14)13-10/h1-4,10H,5-6H2,(H,13,14)/t10-/m1/s1. The molecule has 0 unspecified atom stereocenters. The molecule has 0 aromatic heterocycles. The predicted octanol–water partition coefficient (Wildman–Crippen LogP) is 1.51. The molecule has 1 aromatic carbocycles. The average Bonchev–Trinajstić information content (AvgIpc) is 2.65. The highest BCUT2D eigenvalue weighted by Gasteiger charge is 2.21. The summed E-state index contributed by atoms with van der Waals surface area (Å²) in [6.45, 7) is 0. The van der Waals surface area contributed by atoms with Crippen molar-refractivity contribution in [1.29, 1.82) is 5.26 Å². The van der Waals surface area contributed by atoms with E-state index in [-0.39, 0.29) is 11.9 Å². The minimum absolute atomic E-state index is 0.111. The van der Waals surface area contributed by atoms with Gasteiger partial charge in [0.2, 0.25) is 5.91 Å². The third kappa shape index (κ3) is 1.60. The lowest BCUT2D eigenvalue weighted by molar-refractivity contribution is -0.119. The van der Waals surface area contributed by atoms with Crippen LogP contribution in [0.5, 0.6) is 0 Å². The zero-order valence-electron chi connectivity index (χ0n) is 7.66. The van der Waals surface area contributed by atoms with Gasteiger partial charge in [-0.3, -0.25) is 4.79 Å². The van der Waals surface area contributed by atoms with Crippen molar-refractivity contribution >= 4 is 5.91 Å². The second-order valence-corrected chi connectivity index (χ2v) is 3.39. The summed E-state index contributed by atoms with van der Waals surface area (Å²) in [4.78, 5) is 11.0. The second kappa shape index (κ2) is 3.51. The lowest BCUT2D eigenvalue weighted by atomic mass is 10.0. The van der Waals surface area contributed by atoms with Gasteiger partial charge in [-0.2, -0.15) is 5.26 Å². The number of nitrogens with zero attached hydrogens (tertiary/aromatic N) is 1. The number of amides is 1. The third-order valence-corrected chi connectivity index (χ3v) is 2.44. The van der Waals surface area contributed by atoms with Gasteiger partial charge in [0.15, 0.2) is 0 Å². The number of hydrogen-bond donors (Lipinski definition) is 1. The van der Waals surface area contributed by atoms with Crippen molar-refractivity contribution in [2.45, 2.75) is 18.9 Å². The van der Waals surface area contributed by atoms with E-state index in [9.17, 15) is 4.79 Å². The second-order valence-electron chi connectivity index (χ2n) is 3.39. The molecule has 1 aromatic rings. The van der Waals surface area contributed by atoms with Gasteiger partial charge in [0.05, 0.1) is 17.7 Å². The first kappa shape index (κ1) is 8.76. The van der Waals surface area contributed by atoms with Crippen LogP contribution >= 0.6 is 0 Å². The van der Waals surface area contributed by atoms with E-state index in [1.165, 1.54) is 0 Å². The van der Waals surface area contributed by atoms with Gasteiger partial charge in [0.1, 0.15) is 0 Å². The molecule has 14 heavy (non-hydrogen) atoms. The maximum absolute atomic E-state index is 11.0. The molecule has 0 saturated carbocycles. The van der Waals surface area contributed by atoms with Crippen LogP contribution in [0.15, 0.2) is 24.3 Å². The highest BCUT2D eigenvalue weighted by atomic mass is 16.1. The quantitative estimate of drug-likeness (QED) is 0.722. The van der Waals surface area contributed by atoms with E-state index in [1.54, 1.807) is 12.1 Å². The van der Waals surface area contributed by atoms with Crippen LogP contribution in [0.25, 0.3) is 0 Å². The van der Waals surface area contributed by atoms with Gasteiger partial charge in [0.25, 0.3) is 0 Å². The summed E-state index contributed by atoms with van der Waals surface area (Å²) in [6, 6.07) is 9.55. The third-order valence-electron chi connectivity index (χ3n) is 2.44. The molecule has 1 heterocycles. The summed E-state index contributed by atoms with van der Waals surface area (Å²) in [5, 5.41) is 11.5. The lowest BCUT2D eigenvalue weighted by Gasteiger charge is -2.09. The van der Waals surface area contributed by atoms with Gasteiger partial charge in [-0.05, 0) is 24.1 Å². The Kier molecular flexibility index (Phi) is 2.19. The summed E-state index contributed by atoms with van der Waals surface area (Å²) in [6.07, 6.45) is 1.45. The predicted molar refractivity (Wildman–Crippen MR) is 51.3 cm³/mol. The van der Waals surface area contributed by atoms with Crippen molar-refractivity contribution < 1.29 is 4.79 Å². The Labute approximate surface area is 82.4 Å². The molecule has 1 saturated heterocycles. The number of rotatable bonds is 1. The van der Waals surface area contributed by atoms with Crippen molar-refractivity contribution in [2.75, 3.05) is 0 Å². The molecule has 1 fully saturated rings. The summed E-state index contributed by atoms with van der Waals surface area (Å²) < 4.78 is 0. The molecule has 3 heteroatoms. The summed E-state index contributed by atoms with van der Waals surface area (Å²) in [5.74, 6) is 0.111. The van der Waals surface area contributed by atoms with E-state index in [4.69, 9.17) is 5.26 Å². The zero-order chi connectivity index (χ0) is 9.97. The van der Waals surface area contributed by atoms with Crippen LogP contribution in [-0.2, 0) is 4.79 Å². The number of hydrogen-bond acceptors (Lipinski definition) is 2. The van der Waals surface area contributed by atoms with Crippen molar-refractivity contribution in [2.24, 2.45) is 0 Å². The van der Waals surface area contributed by atoms with Gasteiger partial charge in [-0.25, -0.2) is 0 Å². The number of nitrogens with one attached hydrogen (secondary N) is 1. The fourth-order valence-electron chi connectivity index (χ4n) is 1.65.